The predicted molar refractivity (Wildman–Crippen MR) is 252 cm³/mol. The summed E-state index contributed by atoms with van der Waals surface area (Å²) in [7, 11) is 3.42. The van der Waals surface area contributed by atoms with Crippen LogP contribution in [0.5, 0.6) is 5.75 Å². The normalized spacial score (nSPS) is 21.7. The van der Waals surface area contributed by atoms with Crippen LogP contribution in [0.1, 0.15) is 66.3 Å². The average Bonchev–Trinajstić information content (AvgIpc) is 3.83. The van der Waals surface area contributed by atoms with E-state index >= 15 is 19.2 Å². The number of esters is 4. The number of morpholine rings is 1. The van der Waals surface area contributed by atoms with Crippen LogP contribution in [0.15, 0.2) is 116 Å². The molecule has 17 heteroatoms. The summed E-state index contributed by atoms with van der Waals surface area (Å²) in [5.41, 5.74) is -0.382. The third-order valence-corrected chi connectivity index (χ3v) is 12.8. The molecule has 3 N–H and O–H groups in total. The van der Waals surface area contributed by atoms with E-state index in [1.54, 1.807) is 50.2 Å². The minimum atomic E-state index is -2.25. The number of nitrogens with zero attached hydrogens (tertiary/aromatic N) is 2. The first-order valence-corrected chi connectivity index (χ1v) is 22.6. The molecule has 1 spiro atoms. The quantitative estimate of drug-likeness (QED) is 0.0487. The Balaban J connectivity index is 1.59. The van der Waals surface area contributed by atoms with E-state index in [1.807, 2.05) is 53.4 Å². The number of carbonyl (C=O) groups excluding carboxylic acids is 7. The minimum Gasteiger partial charge on any atom is -0.491 e. The van der Waals surface area contributed by atoms with E-state index in [2.05, 4.69) is 29.1 Å². The number of ether oxygens (including phenoxy) is 5. The number of fused-ring (bicyclic) bond motifs is 3. The number of nitrogens with one attached hydrogen (secondary N) is 2. The largest absolute Gasteiger partial charge is 0.491 e. The van der Waals surface area contributed by atoms with Crippen LogP contribution in [0, 0.1) is 29.6 Å². The summed E-state index contributed by atoms with van der Waals surface area (Å²) in [4.78, 5) is 103. The Kier molecular flexibility index (Phi) is 15.5. The van der Waals surface area contributed by atoms with Gasteiger partial charge in [0.15, 0.2) is 5.92 Å². The molecule has 17 nitrogen and oxygen atoms in total. The second kappa shape index (κ2) is 21.6. The first kappa shape index (κ1) is 50.1. The van der Waals surface area contributed by atoms with Gasteiger partial charge in [-0.2, -0.15) is 0 Å². The van der Waals surface area contributed by atoms with Crippen molar-refractivity contribution in [1.29, 1.82) is 0 Å². The Bertz CT molecular complexity index is 2700. The number of methoxy groups -OCH3 is 3. The van der Waals surface area contributed by atoms with Gasteiger partial charge in [0, 0.05) is 24.1 Å². The zero-order chi connectivity index (χ0) is 50.3. The number of aliphatic hydroxyl groups is 1. The van der Waals surface area contributed by atoms with Gasteiger partial charge < -0.3 is 39.4 Å². The lowest BCUT2D eigenvalue weighted by Crippen LogP contribution is -2.57. The Morgan fingerprint density at radius 3 is 2.09 bits per heavy atom. The fourth-order valence-electron chi connectivity index (χ4n) is 9.86. The molecule has 2 fully saturated rings. The van der Waals surface area contributed by atoms with E-state index in [1.165, 1.54) is 31.4 Å². The first-order valence-electron chi connectivity index (χ1n) is 22.6. The summed E-state index contributed by atoms with van der Waals surface area (Å²) in [6.45, 7) is 6.50. The van der Waals surface area contributed by atoms with Gasteiger partial charge in [0.1, 0.15) is 36.0 Å². The van der Waals surface area contributed by atoms with Crippen LogP contribution in [0.4, 0.5) is 10.5 Å². The van der Waals surface area contributed by atoms with Gasteiger partial charge in [0.2, 0.25) is 11.8 Å². The van der Waals surface area contributed by atoms with Crippen molar-refractivity contribution in [3.8, 4) is 17.6 Å². The number of rotatable bonds is 15. The second-order valence-electron chi connectivity index (χ2n) is 17.1. The zero-order valence-electron chi connectivity index (χ0n) is 39.3. The molecule has 3 aliphatic rings. The molecule has 4 aromatic rings. The van der Waals surface area contributed by atoms with Crippen molar-refractivity contribution < 1.29 is 62.4 Å². The Labute approximate surface area is 405 Å². The molecule has 7 rings (SSSR count). The summed E-state index contributed by atoms with van der Waals surface area (Å²) >= 11 is 0. The van der Waals surface area contributed by atoms with Gasteiger partial charge in [-0.05, 0) is 46.9 Å². The van der Waals surface area contributed by atoms with Crippen molar-refractivity contribution in [2.24, 2.45) is 17.8 Å². The molecule has 0 saturated carbocycles. The fraction of sp³-hybridized carbons (Fsp3) is 0.340. The van der Waals surface area contributed by atoms with Crippen LogP contribution >= 0.6 is 0 Å². The van der Waals surface area contributed by atoms with Crippen LogP contribution in [-0.4, -0.2) is 105 Å². The molecule has 0 aromatic heterocycles. The second-order valence-corrected chi connectivity index (χ2v) is 17.1. The van der Waals surface area contributed by atoms with E-state index in [4.69, 9.17) is 23.7 Å². The highest BCUT2D eigenvalue weighted by atomic mass is 16.6. The van der Waals surface area contributed by atoms with Crippen LogP contribution < -0.4 is 20.3 Å². The number of para-hydroxylation sites is 1. The Morgan fingerprint density at radius 1 is 0.843 bits per heavy atom. The van der Waals surface area contributed by atoms with Gasteiger partial charge in [-0.3, -0.25) is 28.9 Å². The Morgan fingerprint density at radius 2 is 1.47 bits per heavy atom. The number of hydrogen-bond acceptors (Lipinski definition) is 14. The van der Waals surface area contributed by atoms with Crippen LogP contribution in [0.3, 0.4) is 0 Å². The number of anilines is 1. The summed E-state index contributed by atoms with van der Waals surface area (Å²) in [6, 6.07) is 23.4. The van der Waals surface area contributed by atoms with E-state index in [0.29, 0.717) is 16.7 Å². The molecule has 0 radical (unpaired) electrons. The van der Waals surface area contributed by atoms with Crippen molar-refractivity contribution in [3.05, 3.63) is 144 Å². The van der Waals surface area contributed by atoms with Crippen molar-refractivity contribution in [2.45, 2.75) is 56.0 Å². The number of carbonyl (C=O) groups is 7. The monoisotopic (exact) mass is 954 g/mol. The van der Waals surface area contributed by atoms with Gasteiger partial charge in [-0.25, -0.2) is 14.5 Å². The standard InChI is InChI=1S/C53H54N4O13/c1-7-27-54-46(59)40-43-50(63)70-44(34-20-12-9-13-21-34)42(33-18-10-8-11-19-33)57(43)45(35-22-14-15-24-39(35)69-29-28-58)53(40)37-30-32(17-16-23-36(47(60)66-4)48(61)67-5)25-26-38(37)56(51(53)64)52(65)55-41(31(2)3)49(62)68-6/h7-15,18-22,24-26,30-31,36,40-45,58H,1,23,27-29H2,2-6H3,(H,54,59)(H,55,65)/t40-,41-,42-,43-,44+,45+,53-/m0/s1. The lowest BCUT2D eigenvalue weighted by atomic mass is 9.65. The number of amides is 4. The summed E-state index contributed by atoms with van der Waals surface area (Å²) < 4.78 is 27.4. The lowest BCUT2D eigenvalue weighted by Gasteiger charge is -2.46. The number of urea groups is 1. The molecular weight excluding hydrogens is 901 g/mol. The molecule has 2 saturated heterocycles. The number of cyclic esters (lactones) is 1. The molecular formula is C53H54N4O13. The van der Waals surface area contributed by atoms with E-state index < -0.39 is 95.2 Å². The molecule has 4 amide bonds. The highest BCUT2D eigenvalue weighted by molar-refractivity contribution is 6.25. The SMILES string of the molecule is C=CCNC(=O)[C@@H]1[C@H]2C(=O)O[C@H](c3ccccc3)[C@H](c3ccccc3)N2[C@H](c2ccccc2OCCO)[C@@]12C(=O)N(C(=O)N[C@H](C(=O)OC)C(C)C)c1ccc(C#CCC(C(=O)OC)C(=O)OC)cc12. The topological polar surface area (TPSA) is 216 Å². The van der Waals surface area contributed by atoms with Crippen molar-refractivity contribution in [2.75, 3.05) is 46.0 Å². The van der Waals surface area contributed by atoms with Gasteiger partial charge >= 0.3 is 29.9 Å². The average molecular weight is 955 g/mol. The maximum absolute atomic E-state index is 16.5. The number of hydrogen-bond donors (Lipinski definition) is 3. The number of aliphatic hydroxyl groups excluding tert-OH is 1. The molecule has 3 heterocycles. The number of imide groups is 1. The van der Waals surface area contributed by atoms with Crippen LogP contribution in [0.2, 0.25) is 0 Å². The molecule has 70 heavy (non-hydrogen) atoms. The third-order valence-electron chi connectivity index (χ3n) is 12.8. The van der Waals surface area contributed by atoms with Gasteiger partial charge in [-0.1, -0.05) is 111 Å². The highest BCUT2D eigenvalue weighted by Crippen LogP contribution is 2.66. The highest BCUT2D eigenvalue weighted by Gasteiger charge is 2.76. The van der Waals surface area contributed by atoms with Crippen molar-refractivity contribution >= 4 is 47.4 Å². The summed E-state index contributed by atoms with van der Waals surface area (Å²) in [5.74, 6) is -2.64. The minimum absolute atomic E-state index is 0.00761. The molecule has 0 aliphatic carbocycles. The molecule has 0 unspecified atom stereocenters. The van der Waals surface area contributed by atoms with Crippen molar-refractivity contribution in [1.82, 2.24) is 15.5 Å². The molecule has 4 aromatic carbocycles. The summed E-state index contributed by atoms with van der Waals surface area (Å²) in [6.07, 6.45) is 0.0895. The van der Waals surface area contributed by atoms with Gasteiger partial charge in [0.25, 0.3) is 0 Å². The zero-order valence-corrected chi connectivity index (χ0v) is 39.3. The van der Waals surface area contributed by atoms with E-state index in [9.17, 15) is 19.5 Å². The fourth-order valence-corrected chi connectivity index (χ4v) is 9.86. The lowest BCUT2D eigenvalue weighted by molar-refractivity contribution is -0.178. The van der Waals surface area contributed by atoms with Crippen LogP contribution in [0.25, 0.3) is 0 Å². The maximum Gasteiger partial charge on any atom is 0.329 e. The van der Waals surface area contributed by atoms with Gasteiger partial charge in [-0.15, -0.1) is 6.58 Å². The van der Waals surface area contributed by atoms with E-state index in [-0.39, 0.29) is 48.7 Å². The molecule has 7 atom stereocenters. The third kappa shape index (κ3) is 9.10. The molecule has 0 bridgehead atoms. The smallest absolute Gasteiger partial charge is 0.329 e. The Hall–Kier alpha value is -7.81. The molecule has 3 aliphatic heterocycles. The first-order chi connectivity index (χ1) is 33.8. The van der Waals surface area contributed by atoms with Gasteiger partial charge in [0.05, 0.1) is 51.6 Å². The maximum atomic E-state index is 16.5. The summed E-state index contributed by atoms with van der Waals surface area (Å²) in [5, 5.41) is 15.6. The van der Waals surface area contributed by atoms with Crippen molar-refractivity contribution in [3.63, 3.8) is 0 Å². The molecule has 364 valence electrons. The van der Waals surface area contributed by atoms with Crippen LogP contribution in [-0.2, 0) is 53.1 Å². The predicted octanol–water partition coefficient (Wildman–Crippen LogP) is 4.64. The van der Waals surface area contributed by atoms with E-state index in [0.717, 1.165) is 19.1 Å². The number of benzene rings is 4.